The fraction of sp³-hybridized carbons (Fsp3) is 0.143. The van der Waals surface area contributed by atoms with Crippen LogP contribution in [0.2, 0.25) is 10.0 Å². The van der Waals surface area contributed by atoms with E-state index < -0.39 is 11.5 Å². The number of anilines is 1. The molecule has 4 rings (SSSR count). The van der Waals surface area contributed by atoms with Gasteiger partial charge in [-0.25, -0.2) is 0 Å². The molecule has 29 heavy (non-hydrogen) atoms. The molecule has 148 valence electrons. The van der Waals surface area contributed by atoms with Crippen LogP contribution in [0, 0.1) is 0 Å². The maximum absolute atomic E-state index is 13.3. The van der Waals surface area contributed by atoms with Gasteiger partial charge in [0, 0.05) is 15.6 Å². The summed E-state index contributed by atoms with van der Waals surface area (Å²) >= 11 is 16.8. The Morgan fingerprint density at radius 1 is 1.14 bits per heavy atom. The molecule has 0 aliphatic carbocycles. The molecule has 2 aromatic carbocycles. The van der Waals surface area contributed by atoms with E-state index >= 15 is 0 Å². The lowest BCUT2D eigenvalue weighted by molar-refractivity contribution is -0.136. The maximum atomic E-state index is 13.3. The lowest BCUT2D eigenvalue weighted by Crippen LogP contribution is -2.41. The monoisotopic (exact) mass is 509 g/mol. The van der Waals surface area contributed by atoms with Gasteiger partial charge in [-0.3, -0.25) is 9.59 Å². The molecule has 0 spiro atoms. The Morgan fingerprint density at radius 3 is 2.59 bits per heavy atom. The highest BCUT2D eigenvalue weighted by Crippen LogP contribution is 2.44. The fourth-order valence-corrected chi connectivity index (χ4v) is 5.23. The van der Waals surface area contributed by atoms with Crippen molar-refractivity contribution in [3.8, 4) is 0 Å². The van der Waals surface area contributed by atoms with Crippen LogP contribution in [0.5, 0.6) is 0 Å². The van der Waals surface area contributed by atoms with Gasteiger partial charge in [0.05, 0.1) is 27.3 Å². The fourth-order valence-electron chi connectivity index (χ4n) is 3.44. The number of benzene rings is 2. The summed E-state index contributed by atoms with van der Waals surface area (Å²) in [6.45, 7) is 0.160. The Kier molecular flexibility index (Phi) is 5.57. The molecule has 1 aromatic heterocycles. The van der Waals surface area contributed by atoms with Gasteiger partial charge < -0.3 is 10.0 Å². The quantitative estimate of drug-likeness (QED) is 0.439. The number of carbonyl (C=O) groups is 2. The summed E-state index contributed by atoms with van der Waals surface area (Å²) in [5.41, 5.74) is -0.259. The number of ketones is 1. The number of para-hydroxylation sites is 1. The topological polar surface area (TPSA) is 57.6 Å². The predicted molar refractivity (Wildman–Crippen MR) is 119 cm³/mol. The van der Waals surface area contributed by atoms with Crippen molar-refractivity contribution in [2.75, 3.05) is 4.90 Å². The van der Waals surface area contributed by atoms with Crippen molar-refractivity contribution in [3.63, 3.8) is 0 Å². The predicted octanol–water partition coefficient (Wildman–Crippen LogP) is 5.82. The van der Waals surface area contributed by atoms with Crippen LogP contribution < -0.4 is 4.90 Å². The Labute approximate surface area is 189 Å². The maximum Gasteiger partial charge on any atom is 0.264 e. The number of halogens is 3. The molecule has 0 bridgehead atoms. The van der Waals surface area contributed by atoms with E-state index in [-0.39, 0.29) is 18.7 Å². The molecular weight excluding hydrogens is 497 g/mol. The van der Waals surface area contributed by atoms with Crippen LogP contribution in [0.3, 0.4) is 0 Å². The van der Waals surface area contributed by atoms with Gasteiger partial charge >= 0.3 is 0 Å². The standard InChI is InChI=1S/C21H14BrCl2NO3S/c22-19-8-7-18(29-19)17(26)10-21(28)14-3-1-2-4-16(14)25(20(21)27)11-12-5-6-13(23)9-15(12)24/h1-9,28H,10-11H2. The van der Waals surface area contributed by atoms with Gasteiger partial charge in [0.1, 0.15) is 0 Å². The van der Waals surface area contributed by atoms with Crippen molar-refractivity contribution < 1.29 is 14.7 Å². The minimum Gasteiger partial charge on any atom is -0.375 e. The summed E-state index contributed by atoms with van der Waals surface area (Å²) in [6.07, 6.45) is -0.333. The molecule has 1 unspecified atom stereocenters. The first kappa shape index (κ1) is 20.6. The van der Waals surface area contributed by atoms with Crippen LogP contribution in [0.25, 0.3) is 0 Å². The van der Waals surface area contributed by atoms with E-state index in [1.54, 1.807) is 54.6 Å². The van der Waals surface area contributed by atoms with E-state index in [1.165, 1.54) is 16.2 Å². The highest BCUT2D eigenvalue weighted by Gasteiger charge is 2.51. The first-order chi connectivity index (χ1) is 13.8. The van der Waals surface area contributed by atoms with Crippen molar-refractivity contribution in [1.29, 1.82) is 0 Å². The molecule has 8 heteroatoms. The van der Waals surface area contributed by atoms with Crippen molar-refractivity contribution >= 4 is 67.8 Å². The zero-order valence-corrected chi connectivity index (χ0v) is 18.8. The molecule has 1 N–H and O–H groups in total. The Hall–Kier alpha value is -1.70. The van der Waals surface area contributed by atoms with Crippen LogP contribution in [-0.4, -0.2) is 16.8 Å². The van der Waals surface area contributed by atoms with E-state index in [0.29, 0.717) is 31.7 Å². The SMILES string of the molecule is O=C(CC1(O)C(=O)N(Cc2ccc(Cl)cc2Cl)c2ccccc21)c1ccc(Br)s1. The summed E-state index contributed by atoms with van der Waals surface area (Å²) in [7, 11) is 0. The molecule has 0 saturated carbocycles. The zero-order chi connectivity index (χ0) is 20.8. The molecule has 0 radical (unpaired) electrons. The summed E-state index contributed by atoms with van der Waals surface area (Å²) in [5, 5.41) is 12.3. The third-order valence-electron chi connectivity index (χ3n) is 4.85. The Morgan fingerprint density at radius 2 is 1.90 bits per heavy atom. The number of fused-ring (bicyclic) bond motifs is 1. The second kappa shape index (κ2) is 7.85. The van der Waals surface area contributed by atoms with Gasteiger partial charge in [-0.1, -0.05) is 47.5 Å². The molecule has 0 fully saturated rings. The smallest absolute Gasteiger partial charge is 0.264 e. The third-order valence-corrected chi connectivity index (χ3v) is 7.10. The molecule has 0 saturated heterocycles. The molecular formula is C21H14BrCl2NO3S. The Bertz CT molecular complexity index is 1130. The van der Waals surface area contributed by atoms with E-state index in [2.05, 4.69) is 15.9 Å². The van der Waals surface area contributed by atoms with E-state index in [4.69, 9.17) is 23.2 Å². The minimum absolute atomic E-state index is 0.160. The molecule has 1 atom stereocenters. The number of hydrogen-bond donors (Lipinski definition) is 1. The number of Topliss-reactive ketones (excluding diaryl/α,β-unsaturated/α-hetero) is 1. The van der Waals surface area contributed by atoms with Crippen LogP contribution >= 0.6 is 50.5 Å². The lowest BCUT2D eigenvalue weighted by Gasteiger charge is -2.23. The molecule has 2 heterocycles. The summed E-state index contributed by atoms with van der Waals surface area (Å²) in [6, 6.07) is 15.4. The molecule has 1 aliphatic heterocycles. The Balaban J connectivity index is 1.69. The minimum atomic E-state index is -1.93. The first-order valence-corrected chi connectivity index (χ1v) is 11.0. The first-order valence-electron chi connectivity index (χ1n) is 8.66. The summed E-state index contributed by atoms with van der Waals surface area (Å²) in [5.74, 6) is -0.841. The van der Waals surface area contributed by atoms with Crippen LogP contribution in [0.4, 0.5) is 5.69 Å². The largest absolute Gasteiger partial charge is 0.375 e. The summed E-state index contributed by atoms with van der Waals surface area (Å²) in [4.78, 5) is 28.0. The van der Waals surface area contributed by atoms with Crippen LogP contribution in [0.1, 0.15) is 27.2 Å². The van der Waals surface area contributed by atoms with Crippen molar-refractivity contribution in [2.45, 2.75) is 18.6 Å². The summed E-state index contributed by atoms with van der Waals surface area (Å²) < 4.78 is 0.810. The molecule has 4 nitrogen and oxygen atoms in total. The zero-order valence-electron chi connectivity index (χ0n) is 14.9. The number of aliphatic hydroxyl groups is 1. The molecule has 1 aliphatic rings. The van der Waals surface area contributed by atoms with E-state index in [1.807, 2.05) is 0 Å². The average molecular weight is 511 g/mol. The van der Waals surface area contributed by atoms with Crippen molar-refractivity contribution in [1.82, 2.24) is 0 Å². The normalized spacial score (nSPS) is 18.2. The highest BCUT2D eigenvalue weighted by atomic mass is 79.9. The van der Waals surface area contributed by atoms with E-state index in [0.717, 1.165) is 3.79 Å². The number of thiophene rings is 1. The number of hydrogen-bond acceptors (Lipinski definition) is 4. The number of nitrogens with zero attached hydrogens (tertiary/aromatic N) is 1. The number of amides is 1. The third kappa shape index (κ3) is 3.76. The van der Waals surface area contributed by atoms with Gasteiger partial charge in [-0.15, -0.1) is 11.3 Å². The highest BCUT2D eigenvalue weighted by molar-refractivity contribution is 9.11. The van der Waals surface area contributed by atoms with E-state index in [9.17, 15) is 14.7 Å². The second-order valence-corrected chi connectivity index (χ2v) is 10.0. The van der Waals surface area contributed by atoms with Crippen molar-refractivity contribution in [3.05, 3.63) is 84.4 Å². The van der Waals surface area contributed by atoms with Crippen LogP contribution in [0.15, 0.2) is 58.4 Å². The van der Waals surface area contributed by atoms with Crippen LogP contribution in [-0.2, 0) is 16.9 Å². The second-order valence-electron chi connectivity index (χ2n) is 6.71. The van der Waals surface area contributed by atoms with Gasteiger partial charge in [0.25, 0.3) is 5.91 Å². The lowest BCUT2D eigenvalue weighted by atomic mass is 9.89. The average Bonchev–Trinajstić information content (AvgIpc) is 3.20. The molecule has 3 aromatic rings. The molecule has 1 amide bonds. The van der Waals surface area contributed by atoms with Gasteiger partial charge in [-0.2, -0.15) is 0 Å². The van der Waals surface area contributed by atoms with Gasteiger partial charge in [0.15, 0.2) is 11.4 Å². The van der Waals surface area contributed by atoms with Gasteiger partial charge in [0.2, 0.25) is 0 Å². The van der Waals surface area contributed by atoms with Crippen molar-refractivity contribution in [2.24, 2.45) is 0 Å². The number of carbonyl (C=O) groups excluding carboxylic acids is 2. The van der Waals surface area contributed by atoms with Gasteiger partial charge in [-0.05, 0) is 51.8 Å². The number of rotatable bonds is 5.